The number of amides is 5. The van der Waals surface area contributed by atoms with Crippen LogP contribution in [-0.2, 0) is 0 Å². The molecule has 0 unspecified atom stereocenters. The standard InChI is InChI=1S/C4H7N3O4/c1-7(2(5)8)3(9)6-4(10)11/h1H3,(H2,5,8)(H,6,9)(H,10,11). The summed E-state index contributed by atoms with van der Waals surface area (Å²) in [5, 5.41) is 9.43. The van der Waals surface area contributed by atoms with Crippen molar-refractivity contribution in [2.24, 2.45) is 5.73 Å². The summed E-state index contributed by atoms with van der Waals surface area (Å²) in [6.07, 6.45) is -1.54. The number of imide groups is 2. The van der Waals surface area contributed by atoms with Gasteiger partial charge in [0.2, 0.25) is 0 Å². The lowest BCUT2D eigenvalue weighted by molar-refractivity contribution is 0.182. The molecule has 62 valence electrons. The highest BCUT2D eigenvalue weighted by molar-refractivity contribution is 5.98. The van der Waals surface area contributed by atoms with Crippen molar-refractivity contribution in [3.63, 3.8) is 0 Å². The van der Waals surface area contributed by atoms with Crippen molar-refractivity contribution in [1.82, 2.24) is 10.2 Å². The lowest BCUT2D eigenvalue weighted by atomic mass is 10.7. The number of primary amides is 1. The van der Waals surface area contributed by atoms with Crippen LogP contribution in [0.3, 0.4) is 0 Å². The van der Waals surface area contributed by atoms with Gasteiger partial charge in [-0.2, -0.15) is 0 Å². The summed E-state index contributed by atoms with van der Waals surface area (Å²) in [5.74, 6) is 0. The Balaban J connectivity index is 4.04. The van der Waals surface area contributed by atoms with Gasteiger partial charge in [0.05, 0.1) is 0 Å². The SMILES string of the molecule is CN(C(N)=O)C(=O)NC(=O)O. The third kappa shape index (κ3) is 3.04. The van der Waals surface area contributed by atoms with E-state index in [0.29, 0.717) is 4.90 Å². The fraction of sp³-hybridized carbons (Fsp3) is 0.250. The number of rotatable bonds is 0. The Morgan fingerprint density at radius 2 is 1.91 bits per heavy atom. The van der Waals surface area contributed by atoms with Crippen LogP contribution in [0.15, 0.2) is 0 Å². The van der Waals surface area contributed by atoms with Crippen molar-refractivity contribution in [3.8, 4) is 0 Å². The van der Waals surface area contributed by atoms with Crippen LogP contribution >= 0.6 is 0 Å². The van der Waals surface area contributed by atoms with Gasteiger partial charge in [0.1, 0.15) is 0 Å². The molecule has 0 rings (SSSR count). The monoisotopic (exact) mass is 161 g/mol. The van der Waals surface area contributed by atoms with Crippen molar-refractivity contribution < 1.29 is 19.5 Å². The molecule has 0 aromatic heterocycles. The molecule has 0 aromatic carbocycles. The molecule has 0 aliphatic rings. The molecule has 0 heterocycles. The van der Waals surface area contributed by atoms with Crippen molar-refractivity contribution in [3.05, 3.63) is 0 Å². The maximum Gasteiger partial charge on any atom is 0.412 e. The van der Waals surface area contributed by atoms with Crippen molar-refractivity contribution >= 4 is 18.2 Å². The second-order valence-corrected chi connectivity index (χ2v) is 1.63. The van der Waals surface area contributed by atoms with Gasteiger partial charge in [0.15, 0.2) is 0 Å². The smallest absolute Gasteiger partial charge is 0.412 e. The van der Waals surface area contributed by atoms with Gasteiger partial charge >= 0.3 is 18.2 Å². The molecular weight excluding hydrogens is 154 g/mol. The minimum Gasteiger partial charge on any atom is -0.465 e. The van der Waals surface area contributed by atoms with E-state index in [1.807, 2.05) is 0 Å². The highest BCUT2D eigenvalue weighted by atomic mass is 16.4. The first-order valence-corrected chi connectivity index (χ1v) is 2.52. The van der Waals surface area contributed by atoms with Crippen LogP contribution in [0.1, 0.15) is 0 Å². The normalized spacial score (nSPS) is 8.45. The maximum absolute atomic E-state index is 10.5. The van der Waals surface area contributed by atoms with Crippen molar-refractivity contribution in [2.75, 3.05) is 7.05 Å². The number of carboxylic acid groups (broad SMARTS) is 1. The van der Waals surface area contributed by atoms with Crippen LogP contribution in [0.2, 0.25) is 0 Å². The van der Waals surface area contributed by atoms with Crippen LogP contribution in [0, 0.1) is 0 Å². The Hall–Kier alpha value is -1.79. The largest absolute Gasteiger partial charge is 0.465 e. The zero-order chi connectivity index (χ0) is 9.02. The number of nitrogens with zero attached hydrogens (tertiary/aromatic N) is 1. The third-order valence-electron chi connectivity index (χ3n) is 0.849. The summed E-state index contributed by atoms with van der Waals surface area (Å²) >= 11 is 0. The highest BCUT2D eigenvalue weighted by Crippen LogP contribution is 1.81. The number of urea groups is 2. The van der Waals surface area contributed by atoms with E-state index in [-0.39, 0.29) is 0 Å². The van der Waals surface area contributed by atoms with Gasteiger partial charge in [-0.3, -0.25) is 0 Å². The van der Waals surface area contributed by atoms with E-state index >= 15 is 0 Å². The van der Waals surface area contributed by atoms with E-state index < -0.39 is 18.2 Å². The van der Waals surface area contributed by atoms with Crippen LogP contribution < -0.4 is 11.1 Å². The van der Waals surface area contributed by atoms with E-state index in [1.165, 1.54) is 5.32 Å². The van der Waals surface area contributed by atoms with Gasteiger partial charge in [0, 0.05) is 7.05 Å². The van der Waals surface area contributed by atoms with Crippen LogP contribution in [0.5, 0.6) is 0 Å². The van der Waals surface area contributed by atoms with Crippen LogP contribution in [0.25, 0.3) is 0 Å². The topological polar surface area (TPSA) is 113 Å². The number of carbonyl (C=O) groups excluding carboxylic acids is 2. The Morgan fingerprint density at radius 3 is 2.18 bits per heavy atom. The fourth-order valence-corrected chi connectivity index (χ4v) is 0.275. The number of hydrogen-bond donors (Lipinski definition) is 3. The molecule has 4 N–H and O–H groups in total. The molecule has 0 bridgehead atoms. The van der Waals surface area contributed by atoms with Crippen molar-refractivity contribution in [2.45, 2.75) is 0 Å². The predicted molar refractivity (Wildman–Crippen MR) is 33.9 cm³/mol. The van der Waals surface area contributed by atoms with Gasteiger partial charge in [0.25, 0.3) is 0 Å². The molecule has 11 heavy (non-hydrogen) atoms. The van der Waals surface area contributed by atoms with Crippen LogP contribution in [0.4, 0.5) is 14.4 Å². The van der Waals surface area contributed by atoms with E-state index in [1.54, 1.807) is 0 Å². The fourth-order valence-electron chi connectivity index (χ4n) is 0.275. The van der Waals surface area contributed by atoms with Crippen LogP contribution in [-0.4, -0.2) is 35.2 Å². The Morgan fingerprint density at radius 1 is 1.45 bits per heavy atom. The lowest BCUT2D eigenvalue weighted by Gasteiger charge is -2.09. The van der Waals surface area contributed by atoms with Gasteiger partial charge in [-0.05, 0) is 0 Å². The Bertz CT molecular complexity index is 202. The predicted octanol–water partition coefficient (Wildman–Crippen LogP) is -0.615. The third-order valence-corrected chi connectivity index (χ3v) is 0.849. The maximum atomic E-state index is 10.5. The number of carbonyl (C=O) groups is 3. The highest BCUT2D eigenvalue weighted by Gasteiger charge is 2.14. The van der Waals surface area contributed by atoms with Gasteiger partial charge in [-0.1, -0.05) is 0 Å². The number of nitrogens with one attached hydrogen (secondary N) is 1. The van der Waals surface area contributed by atoms with Crippen molar-refractivity contribution in [1.29, 1.82) is 0 Å². The number of hydrogen-bond acceptors (Lipinski definition) is 3. The van der Waals surface area contributed by atoms with Gasteiger partial charge in [-0.15, -0.1) is 0 Å². The summed E-state index contributed by atoms with van der Waals surface area (Å²) in [5.41, 5.74) is 4.65. The molecule has 0 aromatic rings. The molecule has 0 saturated heterocycles. The molecule has 0 atom stereocenters. The number of nitrogens with two attached hydrogens (primary N) is 1. The molecule has 5 amide bonds. The summed E-state index contributed by atoms with van der Waals surface area (Å²) in [7, 11) is 1.06. The summed E-state index contributed by atoms with van der Waals surface area (Å²) in [6, 6.07) is -2.10. The second-order valence-electron chi connectivity index (χ2n) is 1.63. The van der Waals surface area contributed by atoms with E-state index in [0.717, 1.165) is 7.05 Å². The summed E-state index contributed by atoms with van der Waals surface area (Å²) in [6.45, 7) is 0. The molecule has 0 aliphatic heterocycles. The van der Waals surface area contributed by atoms with E-state index in [9.17, 15) is 14.4 Å². The lowest BCUT2D eigenvalue weighted by Crippen LogP contribution is -2.45. The molecule has 0 radical (unpaired) electrons. The van der Waals surface area contributed by atoms with Gasteiger partial charge < -0.3 is 10.8 Å². The average molecular weight is 161 g/mol. The molecule has 0 fully saturated rings. The van der Waals surface area contributed by atoms with E-state index in [2.05, 4.69) is 5.73 Å². The second kappa shape index (κ2) is 3.40. The first kappa shape index (κ1) is 9.21. The molecule has 0 saturated carbocycles. The zero-order valence-electron chi connectivity index (χ0n) is 5.70. The van der Waals surface area contributed by atoms with Gasteiger partial charge in [-0.25, -0.2) is 24.6 Å². The first-order chi connectivity index (χ1) is 4.95. The first-order valence-electron chi connectivity index (χ1n) is 2.52. The molecule has 7 heteroatoms. The minimum absolute atomic E-state index is 0.439. The molecule has 0 spiro atoms. The Kier molecular flexibility index (Phi) is 2.84. The summed E-state index contributed by atoms with van der Waals surface area (Å²) in [4.78, 5) is 31.0. The molecule has 0 aliphatic carbocycles. The molecule has 7 nitrogen and oxygen atoms in total. The zero-order valence-corrected chi connectivity index (χ0v) is 5.70. The summed E-state index contributed by atoms with van der Waals surface area (Å²) < 4.78 is 0. The quantitative estimate of drug-likeness (QED) is 0.439. The minimum atomic E-state index is -1.54. The molecular formula is C4H7N3O4. The van der Waals surface area contributed by atoms with E-state index in [4.69, 9.17) is 5.11 Å². The Labute approximate surface area is 61.8 Å². The average Bonchev–Trinajstić information content (AvgIpc) is 1.84.